The number of hydrogen-bond acceptors (Lipinski definition) is 2. The fourth-order valence-electron chi connectivity index (χ4n) is 1.85. The third kappa shape index (κ3) is 2.29. The molecular formula is C13H12ClFN2O. The zero-order valence-electron chi connectivity index (χ0n) is 10.1. The Bertz CT molecular complexity index is 607. The zero-order chi connectivity index (χ0) is 13.3. The van der Waals surface area contributed by atoms with Gasteiger partial charge in [-0.1, -0.05) is 17.7 Å². The molecule has 2 rings (SSSR count). The van der Waals surface area contributed by atoms with Crippen LogP contribution >= 0.6 is 11.6 Å². The number of nitrogens with zero attached hydrogens (tertiary/aromatic N) is 2. The van der Waals surface area contributed by atoms with Crippen LogP contribution in [0.3, 0.4) is 0 Å². The van der Waals surface area contributed by atoms with Crippen molar-refractivity contribution >= 4 is 17.9 Å². The average molecular weight is 267 g/mol. The lowest BCUT2D eigenvalue weighted by atomic mass is 10.2. The maximum absolute atomic E-state index is 13.7. The minimum atomic E-state index is -0.372. The van der Waals surface area contributed by atoms with E-state index in [-0.39, 0.29) is 12.4 Å². The van der Waals surface area contributed by atoms with E-state index in [9.17, 15) is 9.18 Å². The molecule has 0 radical (unpaired) electrons. The summed E-state index contributed by atoms with van der Waals surface area (Å²) in [6.07, 6.45) is 0.770. The molecular weight excluding hydrogens is 255 g/mol. The summed E-state index contributed by atoms with van der Waals surface area (Å²) in [7, 11) is 0. The predicted molar refractivity (Wildman–Crippen MR) is 67.6 cm³/mol. The van der Waals surface area contributed by atoms with Crippen LogP contribution < -0.4 is 0 Å². The summed E-state index contributed by atoms with van der Waals surface area (Å²) < 4.78 is 15.3. The van der Waals surface area contributed by atoms with E-state index in [1.165, 1.54) is 6.07 Å². The van der Waals surface area contributed by atoms with Crippen LogP contribution in [0.1, 0.15) is 27.3 Å². The number of aryl methyl sites for hydroxylation is 1. The van der Waals surface area contributed by atoms with Gasteiger partial charge in [0.2, 0.25) is 0 Å². The average Bonchev–Trinajstić information content (AvgIpc) is 2.58. The normalized spacial score (nSPS) is 10.7. The maximum atomic E-state index is 13.7. The number of aromatic nitrogens is 2. The van der Waals surface area contributed by atoms with Gasteiger partial charge >= 0.3 is 0 Å². The lowest BCUT2D eigenvalue weighted by Crippen LogP contribution is -2.06. The molecule has 0 amide bonds. The van der Waals surface area contributed by atoms with Crippen molar-refractivity contribution in [3.8, 4) is 0 Å². The highest BCUT2D eigenvalue weighted by Gasteiger charge is 2.12. The Morgan fingerprint density at radius 3 is 2.72 bits per heavy atom. The van der Waals surface area contributed by atoms with Gasteiger partial charge in [-0.05, 0) is 26.0 Å². The molecule has 18 heavy (non-hydrogen) atoms. The smallest absolute Gasteiger partial charge is 0.153 e. The van der Waals surface area contributed by atoms with Crippen molar-refractivity contribution in [2.24, 2.45) is 0 Å². The van der Waals surface area contributed by atoms with E-state index in [0.717, 1.165) is 12.0 Å². The first kappa shape index (κ1) is 12.8. The Morgan fingerprint density at radius 1 is 1.44 bits per heavy atom. The van der Waals surface area contributed by atoms with Crippen molar-refractivity contribution in [1.82, 2.24) is 9.78 Å². The van der Waals surface area contributed by atoms with E-state index in [1.807, 2.05) is 0 Å². The molecule has 0 N–H and O–H groups in total. The van der Waals surface area contributed by atoms with Crippen LogP contribution in [0, 0.1) is 19.7 Å². The third-order valence-corrected chi connectivity index (χ3v) is 3.13. The molecule has 0 aliphatic heterocycles. The van der Waals surface area contributed by atoms with Gasteiger partial charge in [0.25, 0.3) is 0 Å². The first-order chi connectivity index (χ1) is 8.52. The Balaban J connectivity index is 2.37. The quantitative estimate of drug-likeness (QED) is 0.800. The van der Waals surface area contributed by atoms with E-state index in [0.29, 0.717) is 21.8 Å². The second kappa shape index (κ2) is 4.90. The van der Waals surface area contributed by atoms with Gasteiger partial charge in [0.15, 0.2) is 6.29 Å². The van der Waals surface area contributed by atoms with Gasteiger partial charge in [0.05, 0.1) is 17.8 Å². The Hall–Kier alpha value is -1.68. The predicted octanol–water partition coefficient (Wildman–Crippen LogP) is 3.15. The number of hydrogen-bond donors (Lipinski definition) is 0. The number of carbonyl (C=O) groups excluding carboxylic acids is 1. The molecule has 1 heterocycles. The topological polar surface area (TPSA) is 34.9 Å². The molecule has 0 unspecified atom stereocenters. The number of benzene rings is 1. The Morgan fingerprint density at radius 2 is 2.17 bits per heavy atom. The van der Waals surface area contributed by atoms with Gasteiger partial charge in [0, 0.05) is 16.3 Å². The Kier molecular flexibility index (Phi) is 3.48. The van der Waals surface area contributed by atoms with Crippen LogP contribution in [-0.4, -0.2) is 16.1 Å². The maximum Gasteiger partial charge on any atom is 0.153 e. The van der Waals surface area contributed by atoms with Gasteiger partial charge in [-0.15, -0.1) is 0 Å². The molecule has 0 saturated heterocycles. The van der Waals surface area contributed by atoms with Crippen molar-refractivity contribution in [2.45, 2.75) is 20.4 Å². The minimum Gasteiger partial charge on any atom is -0.298 e. The lowest BCUT2D eigenvalue weighted by molar-refractivity contribution is 0.112. The number of aldehydes is 1. The van der Waals surface area contributed by atoms with Gasteiger partial charge in [0.1, 0.15) is 5.82 Å². The molecule has 1 aromatic heterocycles. The largest absolute Gasteiger partial charge is 0.298 e. The van der Waals surface area contributed by atoms with Crippen molar-refractivity contribution in [3.63, 3.8) is 0 Å². The van der Waals surface area contributed by atoms with Gasteiger partial charge in [-0.3, -0.25) is 9.48 Å². The van der Waals surface area contributed by atoms with E-state index in [2.05, 4.69) is 5.10 Å². The fraction of sp³-hybridized carbons (Fsp3) is 0.231. The van der Waals surface area contributed by atoms with Gasteiger partial charge in [-0.2, -0.15) is 5.10 Å². The second-order valence-corrected chi connectivity index (χ2v) is 4.53. The molecule has 3 nitrogen and oxygen atoms in total. The van der Waals surface area contributed by atoms with Gasteiger partial charge < -0.3 is 0 Å². The minimum absolute atomic E-state index is 0.281. The molecule has 94 valence electrons. The highest BCUT2D eigenvalue weighted by atomic mass is 35.5. The summed E-state index contributed by atoms with van der Waals surface area (Å²) >= 11 is 5.69. The molecule has 0 atom stereocenters. The van der Waals surface area contributed by atoms with Crippen molar-refractivity contribution in [1.29, 1.82) is 0 Å². The van der Waals surface area contributed by atoms with Crippen LogP contribution in [0.5, 0.6) is 0 Å². The summed E-state index contributed by atoms with van der Waals surface area (Å²) in [5.41, 5.74) is 2.43. The molecule has 5 heteroatoms. The number of halogens is 2. The molecule has 0 bridgehead atoms. The monoisotopic (exact) mass is 266 g/mol. The number of carbonyl (C=O) groups is 1. The SMILES string of the molecule is Cc1nn(Cc2ccc(Cl)cc2F)c(C)c1C=O. The molecule has 0 fully saturated rings. The van der Waals surface area contributed by atoms with E-state index in [4.69, 9.17) is 11.6 Å². The van der Waals surface area contributed by atoms with Crippen molar-refractivity contribution in [3.05, 3.63) is 51.6 Å². The van der Waals surface area contributed by atoms with Gasteiger partial charge in [-0.25, -0.2) is 4.39 Å². The standard InChI is InChI=1S/C13H12ClFN2O/c1-8-12(7-18)9(2)17(16-8)6-10-3-4-11(14)5-13(10)15/h3-5,7H,6H2,1-2H3. The fourth-order valence-corrected chi connectivity index (χ4v) is 2.01. The second-order valence-electron chi connectivity index (χ2n) is 4.10. The van der Waals surface area contributed by atoms with Crippen LogP contribution in [0.4, 0.5) is 4.39 Å². The third-order valence-electron chi connectivity index (χ3n) is 2.89. The molecule has 0 aliphatic carbocycles. The number of rotatable bonds is 3. The van der Waals surface area contributed by atoms with E-state index >= 15 is 0 Å². The summed E-state index contributed by atoms with van der Waals surface area (Å²) in [6.45, 7) is 3.83. The molecule has 2 aromatic rings. The lowest BCUT2D eigenvalue weighted by Gasteiger charge is -2.06. The molecule has 0 saturated carbocycles. The molecule has 0 spiro atoms. The van der Waals surface area contributed by atoms with Crippen molar-refractivity contribution < 1.29 is 9.18 Å². The first-order valence-electron chi connectivity index (χ1n) is 5.46. The molecule has 0 aliphatic rings. The van der Waals surface area contributed by atoms with E-state index < -0.39 is 0 Å². The van der Waals surface area contributed by atoms with Crippen LogP contribution in [0.25, 0.3) is 0 Å². The van der Waals surface area contributed by atoms with Crippen LogP contribution in [0.15, 0.2) is 18.2 Å². The molecule has 1 aromatic carbocycles. The summed E-state index contributed by atoms with van der Waals surface area (Å²) in [6, 6.07) is 4.52. The highest BCUT2D eigenvalue weighted by Crippen LogP contribution is 2.17. The summed E-state index contributed by atoms with van der Waals surface area (Å²) in [5.74, 6) is -0.372. The summed E-state index contributed by atoms with van der Waals surface area (Å²) in [5, 5.41) is 4.59. The van der Waals surface area contributed by atoms with Crippen molar-refractivity contribution in [2.75, 3.05) is 0 Å². The first-order valence-corrected chi connectivity index (χ1v) is 5.84. The Labute approximate surface area is 109 Å². The highest BCUT2D eigenvalue weighted by molar-refractivity contribution is 6.30. The zero-order valence-corrected chi connectivity index (χ0v) is 10.8. The van der Waals surface area contributed by atoms with E-state index in [1.54, 1.807) is 30.7 Å². The summed E-state index contributed by atoms with van der Waals surface area (Å²) in [4.78, 5) is 10.9. The van der Waals surface area contributed by atoms with Crippen LogP contribution in [0.2, 0.25) is 5.02 Å². The van der Waals surface area contributed by atoms with Crippen LogP contribution in [-0.2, 0) is 6.54 Å².